The van der Waals surface area contributed by atoms with Crippen LogP contribution in [0.3, 0.4) is 0 Å². The van der Waals surface area contributed by atoms with Crippen molar-refractivity contribution in [2.24, 2.45) is 0 Å². The second kappa shape index (κ2) is 6.59. The average molecular weight is 276 g/mol. The summed E-state index contributed by atoms with van der Waals surface area (Å²) in [5.74, 6) is 1.03. The molecule has 3 rings (SSSR count). The maximum absolute atomic E-state index is 10.2. The van der Waals surface area contributed by atoms with Gasteiger partial charge in [0, 0.05) is 13.0 Å². The van der Waals surface area contributed by atoms with E-state index in [1.54, 1.807) is 0 Å². The molecular weight excluding hydrogens is 252 g/mol. The first-order valence-corrected chi connectivity index (χ1v) is 7.85. The Morgan fingerprint density at radius 1 is 1.25 bits per heavy atom. The Bertz CT molecular complexity index is 438. The smallest absolute Gasteiger partial charge is 0.122 e. The lowest BCUT2D eigenvalue weighted by atomic mass is 9.98. The molecule has 2 aliphatic rings. The molecule has 110 valence electrons. The van der Waals surface area contributed by atoms with Gasteiger partial charge >= 0.3 is 0 Å². The summed E-state index contributed by atoms with van der Waals surface area (Å²) in [6.45, 7) is 1.67. The Morgan fingerprint density at radius 3 is 3.05 bits per heavy atom. The molecule has 2 unspecified atom stereocenters. The highest BCUT2D eigenvalue weighted by molar-refractivity contribution is 5.39. The first kappa shape index (κ1) is 13.9. The van der Waals surface area contributed by atoms with Crippen LogP contribution in [0.5, 0.6) is 5.75 Å². The van der Waals surface area contributed by atoms with E-state index in [1.807, 2.05) is 0 Å². The molecular formula is C17H24O3. The fraction of sp³-hybridized carbons (Fsp3) is 0.647. The van der Waals surface area contributed by atoms with Crippen LogP contribution >= 0.6 is 0 Å². The van der Waals surface area contributed by atoms with Gasteiger partial charge in [-0.2, -0.15) is 0 Å². The monoisotopic (exact) mass is 276 g/mol. The minimum absolute atomic E-state index is 0.248. The van der Waals surface area contributed by atoms with E-state index in [4.69, 9.17) is 9.47 Å². The first-order valence-electron chi connectivity index (χ1n) is 7.85. The van der Waals surface area contributed by atoms with E-state index in [0.29, 0.717) is 0 Å². The minimum atomic E-state index is -0.248. The molecule has 0 aromatic heterocycles. The molecule has 1 aromatic carbocycles. The van der Waals surface area contributed by atoms with Gasteiger partial charge in [-0.15, -0.1) is 0 Å². The van der Waals surface area contributed by atoms with Gasteiger partial charge in [0.15, 0.2) is 0 Å². The molecule has 2 heterocycles. The topological polar surface area (TPSA) is 38.7 Å². The minimum Gasteiger partial charge on any atom is -0.493 e. The highest BCUT2D eigenvalue weighted by Crippen LogP contribution is 2.26. The van der Waals surface area contributed by atoms with Crippen LogP contribution in [0.15, 0.2) is 18.2 Å². The van der Waals surface area contributed by atoms with Crippen LogP contribution in [-0.4, -0.2) is 30.5 Å². The molecule has 20 heavy (non-hydrogen) atoms. The van der Waals surface area contributed by atoms with E-state index >= 15 is 0 Å². The van der Waals surface area contributed by atoms with Crippen molar-refractivity contribution < 1.29 is 14.6 Å². The summed E-state index contributed by atoms with van der Waals surface area (Å²) >= 11 is 0. The summed E-state index contributed by atoms with van der Waals surface area (Å²) in [5, 5.41) is 10.2. The Kier molecular flexibility index (Phi) is 4.58. The third-order valence-electron chi connectivity index (χ3n) is 4.33. The number of fused-ring (bicyclic) bond motifs is 1. The molecule has 1 fully saturated rings. The van der Waals surface area contributed by atoms with Crippen LogP contribution in [0.4, 0.5) is 0 Å². The lowest BCUT2D eigenvalue weighted by Gasteiger charge is -2.24. The summed E-state index contributed by atoms with van der Waals surface area (Å²) in [7, 11) is 0. The van der Waals surface area contributed by atoms with Crippen molar-refractivity contribution >= 4 is 0 Å². The fourth-order valence-corrected chi connectivity index (χ4v) is 3.14. The van der Waals surface area contributed by atoms with Gasteiger partial charge in [-0.25, -0.2) is 0 Å². The lowest BCUT2D eigenvalue weighted by molar-refractivity contribution is -0.0162. The van der Waals surface area contributed by atoms with Gasteiger partial charge in [-0.3, -0.25) is 0 Å². The average Bonchev–Trinajstić information content (AvgIpc) is 2.93. The van der Waals surface area contributed by atoms with Gasteiger partial charge in [-0.05, 0) is 55.7 Å². The molecule has 2 aliphatic heterocycles. The van der Waals surface area contributed by atoms with Gasteiger partial charge in [0.2, 0.25) is 0 Å². The molecule has 0 amide bonds. The van der Waals surface area contributed by atoms with Crippen LogP contribution in [-0.2, 0) is 17.6 Å². The third kappa shape index (κ3) is 3.53. The highest BCUT2D eigenvalue weighted by Gasteiger charge is 2.18. The van der Waals surface area contributed by atoms with Crippen molar-refractivity contribution in [1.82, 2.24) is 0 Å². The second-order valence-electron chi connectivity index (χ2n) is 5.96. The Labute approximate surface area is 120 Å². The van der Waals surface area contributed by atoms with Crippen molar-refractivity contribution in [3.8, 4) is 5.75 Å². The molecule has 0 spiro atoms. The van der Waals surface area contributed by atoms with Gasteiger partial charge in [0.05, 0.1) is 18.8 Å². The van der Waals surface area contributed by atoms with E-state index in [9.17, 15) is 5.11 Å². The maximum atomic E-state index is 10.2. The number of aliphatic hydroxyl groups excluding tert-OH is 1. The van der Waals surface area contributed by atoms with Crippen molar-refractivity contribution in [2.45, 2.75) is 57.2 Å². The van der Waals surface area contributed by atoms with Gasteiger partial charge in [-0.1, -0.05) is 12.1 Å². The summed E-state index contributed by atoms with van der Waals surface area (Å²) < 4.78 is 11.2. The van der Waals surface area contributed by atoms with E-state index in [0.717, 1.165) is 51.1 Å². The van der Waals surface area contributed by atoms with Crippen LogP contribution in [0.2, 0.25) is 0 Å². The predicted molar refractivity (Wildman–Crippen MR) is 78.2 cm³/mol. The molecule has 1 N–H and O–H groups in total. The number of benzene rings is 1. The molecule has 0 aliphatic carbocycles. The van der Waals surface area contributed by atoms with E-state index in [1.165, 1.54) is 24.0 Å². The van der Waals surface area contributed by atoms with Gasteiger partial charge in [0.1, 0.15) is 5.75 Å². The number of rotatable bonds is 5. The molecule has 0 radical (unpaired) electrons. The predicted octanol–water partition coefficient (Wildman–Crippen LogP) is 2.87. The normalized spacial score (nSPS) is 23.1. The zero-order valence-electron chi connectivity index (χ0n) is 12.0. The van der Waals surface area contributed by atoms with Crippen LogP contribution in [0.25, 0.3) is 0 Å². The molecule has 3 heteroatoms. The van der Waals surface area contributed by atoms with Crippen LogP contribution in [0.1, 0.15) is 43.2 Å². The second-order valence-corrected chi connectivity index (χ2v) is 5.96. The number of aryl methyl sites for hydroxylation is 1. The van der Waals surface area contributed by atoms with Crippen molar-refractivity contribution in [3.63, 3.8) is 0 Å². The van der Waals surface area contributed by atoms with E-state index < -0.39 is 0 Å². The zero-order chi connectivity index (χ0) is 13.8. The largest absolute Gasteiger partial charge is 0.493 e. The standard InChI is InChI=1S/C17H24O3/c18-15(12-16-3-1-2-9-19-16)6-4-13-5-7-17-14(11-13)8-10-20-17/h5,7,11,15-16,18H,1-4,6,8-10,12H2. The molecule has 3 nitrogen and oxygen atoms in total. The molecule has 2 atom stereocenters. The lowest BCUT2D eigenvalue weighted by Crippen LogP contribution is -2.24. The molecule has 1 saturated heterocycles. The third-order valence-corrected chi connectivity index (χ3v) is 4.33. The van der Waals surface area contributed by atoms with Crippen LogP contribution < -0.4 is 4.74 Å². The van der Waals surface area contributed by atoms with Crippen molar-refractivity contribution in [1.29, 1.82) is 0 Å². The summed E-state index contributed by atoms with van der Waals surface area (Å²) in [6.07, 6.45) is 7.09. The first-order chi connectivity index (χ1) is 9.81. The SMILES string of the molecule is OC(CCc1ccc2c(c1)CCO2)CC1CCCCO1. The highest BCUT2D eigenvalue weighted by atomic mass is 16.5. The zero-order valence-corrected chi connectivity index (χ0v) is 12.0. The number of hydrogen-bond acceptors (Lipinski definition) is 3. The summed E-state index contributed by atoms with van der Waals surface area (Å²) in [6, 6.07) is 6.41. The van der Waals surface area contributed by atoms with Crippen molar-refractivity contribution in [3.05, 3.63) is 29.3 Å². The summed E-state index contributed by atoms with van der Waals surface area (Å²) in [4.78, 5) is 0. The summed E-state index contributed by atoms with van der Waals surface area (Å²) in [5.41, 5.74) is 2.62. The Morgan fingerprint density at radius 2 is 2.20 bits per heavy atom. The Balaban J connectivity index is 1.46. The molecule has 0 saturated carbocycles. The number of hydrogen-bond donors (Lipinski definition) is 1. The number of aliphatic hydroxyl groups is 1. The van der Waals surface area contributed by atoms with Crippen molar-refractivity contribution in [2.75, 3.05) is 13.2 Å². The molecule has 0 bridgehead atoms. The van der Waals surface area contributed by atoms with Crippen LogP contribution in [0, 0.1) is 0 Å². The van der Waals surface area contributed by atoms with E-state index in [-0.39, 0.29) is 12.2 Å². The van der Waals surface area contributed by atoms with Gasteiger partial charge in [0.25, 0.3) is 0 Å². The Hall–Kier alpha value is -1.06. The molecule has 1 aromatic rings. The van der Waals surface area contributed by atoms with Gasteiger partial charge < -0.3 is 14.6 Å². The number of ether oxygens (including phenoxy) is 2. The quantitative estimate of drug-likeness (QED) is 0.898. The van der Waals surface area contributed by atoms with E-state index in [2.05, 4.69) is 18.2 Å². The maximum Gasteiger partial charge on any atom is 0.122 e. The fourth-order valence-electron chi connectivity index (χ4n) is 3.14.